The lowest BCUT2D eigenvalue weighted by molar-refractivity contribution is 0.632. The molecule has 0 fully saturated rings. The monoisotopic (exact) mass is 613 g/mol. The van der Waals surface area contributed by atoms with Gasteiger partial charge in [0, 0.05) is 27.9 Å². The number of benzene rings is 8. The van der Waals surface area contributed by atoms with Crippen LogP contribution in [-0.4, -0.2) is 0 Å². The molecule has 0 unspecified atom stereocenters. The molecule has 9 rings (SSSR count). The first-order valence-corrected chi connectivity index (χ1v) is 16.4. The maximum Gasteiger partial charge on any atom is 0.145 e. The van der Waals surface area contributed by atoms with Crippen LogP contribution in [0.2, 0.25) is 0 Å². The van der Waals surface area contributed by atoms with E-state index in [1.165, 1.54) is 32.7 Å². The summed E-state index contributed by atoms with van der Waals surface area (Å²) in [6.45, 7) is 0. The van der Waals surface area contributed by atoms with E-state index in [-0.39, 0.29) is 0 Å². The minimum Gasteiger partial charge on any atom is -0.455 e. The molecule has 0 atom stereocenters. The summed E-state index contributed by atoms with van der Waals surface area (Å²) >= 11 is 0. The molecule has 0 bridgehead atoms. The molecule has 0 aliphatic rings. The van der Waals surface area contributed by atoms with Crippen molar-refractivity contribution in [2.24, 2.45) is 0 Å². The topological polar surface area (TPSA) is 16.4 Å². The quantitative estimate of drug-likeness (QED) is 0.174. The van der Waals surface area contributed by atoms with Gasteiger partial charge in [0.15, 0.2) is 0 Å². The van der Waals surface area contributed by atoms with Crippen LogP contribution in [-0.2, 0) is 0 Å². The standard InChI is InChI=1S/C46H31NO/c1-3-14-34(15-4-1)45-42-20-10-12-22-44(42)48-46(45)41-19-9-11-21-43(41)47(37-16-5-2-6-17-37)38-28-25-32(26-29-38)35-27-30-40-36(31-35)24-23-33-13-7-8-18-39(33)40/h1-31H. The van der Waals surface area contributed by atoms with Crippen molar-refractivity contribution in [2.45, 2.75) is 0 Å². The van der Waals surface area contributed by atoms with Gasteiger partial charge in [-0.25, -0.2) is 0 Å². The summed E-state index contributed by atoms with van der Waals surface area (Å²) in [6, 6.07) is 66.7. The summed E-state index contributed by atoms with van der Waals surface area (Å²) in [6.07, 6.45) is 0. The van der Waals surface area contributed by atoms with Crippen LogP contribution < -0.4 is 4.90 Å². The lowest BCUT2D eigenvalue weighted by Gasteiger charge is -2.27. The van der Waals surface area contributed by atoms with Crippen LogP contribution in [0.1, 0.15) is 0 Å². The Bertz CT molecular complexity index is 2550. The van der Waals surface area contributed by atoms with Gasteiger partial charge in [0.2, 0.25) is 0 Å². The molecule has 0 aliphatic carbocycles. The summed E-state index contributed by atoms with van der Waals surface area (Å²) in [5.41, 5.74) is 9.71. The molecule has 48 heavy (non-hydrogen) atoms. The number of fused-ring (bicyclic) bond motifs is 4. The van der Waals surface area contributed by atoms with Gasteiger partial charge in [0.25, 0.3) is 0 Å². The van der Waals surface area contributed by atoms with Gasteiger partial charge in [-0.3, -0.25) is 0 Å². The summed E-state index contributed by atoms with van der Waals surface area (Å²) in [7, 11) is 0. The zero-order chi connectivity index (χ0) is 31.9. The highest BCUT2D eigenvalue weighted by Crippen LogP contribution is 2.47. The van der Waals surface area contributed by atoms with Crippen LogP contribution in [0.15, 0.2) is 192 Å². The van der Waals surface area contributed by atoms with Crippen LogP contribution in [0.5, 0.6) is 0 Å². The van der Waals surface area contributed by atoms with Gasteiger partial charge in [-0.05, 0) is 86.8 Å². The van der Waals surface area contributed by atoms with Crippen LogP contribution in [0, 0.1) is 0 Å². The lowest BCUT2D eigenvalue weighted by Crippen LogP contribution is -2.11. The summed E-state index contributed by atoms with van der Waals surface area (Å²) in [5.74, 6) is 0.860. The molecule has 226 valence electrons. The van der Waals surface area contributed by atoms with Gasteiger partial charge in [-0.1, -0.05) is 140 Å². The number of anilines is 3. The highest BCUT2D eigenvalue weighted by molar-refractivity contribution is 6.08. The lowest BCUT2D eigenvalue weighted by atomic mass is 9.96. The molecule has 1 heterocycles. The molecule has 0 N–H and O–H groups in total. The van der Waals surface area contributed by atoms with Crippen LogP contribution >= 0.6 is 0 Å². The third-order valence-corrected chi connectivity index (χ3v) is 9.27. The Hall–Kier alpha value is -6.38. The third-order valence-electron chi connectivity index (χ3n) is 9.27. The number of nitrogens with zero attached hydrogens (tertiary/aromatic N) is 1. The Morgan fingerprint density at radius 2 is 0.979 bits per heavy atom. The van der Waals surface area contributed by atoms with E-state index >= 15 is 0 Å². The average Bonchev–Trinajstić information content (AvgIpc) is 3.55. The van der Waals surface area contributed by atoms with Crippen LogP contribution in [0.25, 0.3) is 66.1 Å². The van der Waals surface area contributed by atoms with Crippen LogP contribution in [0.3, 0.4) is 0 Å². The molecule has 0 aliphatic heterocycles. The summed E-state index contributed by atoms with van der Waals surface area (Å²) in [5, 5.41) is 6.18. The van der Waals surface area contributed by atoms with Crippen molar-refractivity contribution >= 4 is 49.6 Å². The Morgan fingerprint density at radius 1 is 0.375 bits per heavy atom. The SMILES string of the molecule is c1ccc(-c2c(-c3ccccc3N(c3ccccc3)c3ccc(-c4ccc5c(ccc6ccccc65)c4)cc3)oc3ccccc23)cc1. The Balaban J connectivity index is 1.17. The molecule has 1 aromatic heterocycles. The molecule has 8 aromatic carbocycles. The third kappa shape index (κ3) is 4.83. The summed E-state index contributed by atoms with van der Waals surface area (Å²) < 4.78 is 6.71. The molecule has 0 saturated carbocycles. The largest absolute Gasteiger partial charge is 0.455 e. The highest BCUT2D eigenvalue weighted by atomic mass is 16.3. The predicted octanol–water partition coefficient (Wildman–Crippen LogP) is 13.2. The van der Waals surface area contributed by atoms with Crippen molar-refractivity contribution in [2.75, 3.05) is 4.90 Å². The molecule has 0 spiro atoms. The van der Waals surface area contributed by atoms with Crippen molar-refractivity contribution < 1.29 is 4.42 Å². The van der Waals surface area contributed by atoms with Gasteiger partial charge < -0.3 is 9.32 Å². The minimum atomic E-state index is 0.860. The van der Waals surface area contributed by atoms with Gasteiger partial charge >= 0.3 is 0 Å². The number of hydrogen-bond donors (Lipinski definition) is 0. The fourth-order valence-corrected chi connectivity index (χ4v) is 6.99. The van der Waals surface area contributed by atoms with Crippen molar-refractivity contribution in [1.29, 1.82) is 0 Å². The van der Waals surface area contributed by atoms with E-state index in [0.717, 1.165) is 50.5 Å². The average molecular weight is 614 g/mol. The van der Waals surface area contributed by atoms with Gasteiger partial charge in [-0.15, -0.1) is 0 Å². The maximum absolute atomic E-state index is 6.71. The number of hydrogen-bond acceptors (Lipinski definition) is 2. The van der Waals surface area contributed by atoms with Gasteiger partial charge in [-0.2, -0.15) is 0 Å². The zero-order valence-electron chi connectivity index (χ0n) is 26.3. The first kappa shape index (κ1) is 27.9. The number of para-hydroxylation sites is 3. The Labute approximate surface area is 279 Å². The Kier molecular flexibility index (Phi) is 6.84. The van der Waals surface area contributed by atoms with E-state index < -0.39 is 0 Å². The van der Waals surface area contributed by atoms with E-state index in [2.05, 4.69) is 187 Å². The van der Waals surface area contributed by atoms with Crippen LogP contribution in [0.4, 0.5) is 17.1 Å². The maximum atomic E-state index is 6.71. The van der Waals surface area contributed by atoms with Crippen molar-refractivity contribution in [3.05, 3.63) is 188 Å². The molecule has 2 heteroatoms. The fourth-order valence-electron chi connectivity index (χ4n) is 6.99. The van der Waals surface area contributed by atoms with Crippen molar-refractivity contribution in [1.82, 2.24) is 0 Å². The van der Waals surface area contributed by atoms with Gasteiger partial charge in [0.1, 0.15) is 11.3 Å². The minimum absolute atomic E-state index is 0.860. The molecule has 9 aromatic rings. The van der Waals surface area contributed by atoms with E-state index in [0.29, 0.717) is 0 Å². The predicted molar refractivity (Wildman–Crippen MR) is 202 cm³/mol. The first-order chi connectivity index (χ1) is 23.8. The highest BCUT2D eigenvalue weighted by Gasteiger charge is 2.23. The number of rotatable bonds is 6. The smallest absolute Gasteiger partial charge is 0.145 e. The van der Waals surface area contributed by atoms with Crippen molar-refractivity contribution in [3.8, 4) is 33.6 Å². The normalized spacial score (nSPS) is 11.3. The second kappa shape index (κ2) is 11.8. The molecule has 0 saturated heterocycles. The second-order valence-corrected chi connectivity index (χ2v) is 12.1. The molecular formula is C46H31NO. The van der Waals surface area contributed by atoms with E-state index in [4.69, 9.17) is 4.42 Å². The Morgan fingerprint density at radius 3 is 1.81 bits per heavy atom. The van der Waals surface area contributed by atoms with E-state index in [1.54, 1.807) is 0 Å². The fraction of sp³-hybridized carbons (Fsp3) is 0. The molecule has 0 radical (unpaired) electrons. The number of furan rings is 1. The van der Waals surface area contributed by atoms with Gasteiger partial charge in [0.05, 0.1) is 5.69 Å². The molecule has 2 nitrogen and oxygen atoms in total. The first-order valence-electron chi connectivity index (χ1n) is 16.4. The zero-order valence-corrected chi connectivity index (χ0v) is 26.3. The van der Waals surface area contributed by atoms with E-state index in [9.17, 15) is 0 Å². The molecule has 0 amide bonds. The summed E-state index contributed by atoms with van der Waals surface area (Å²) in [4.78, 5) is 2.33. The van der Waals surface area contributed by atoms with E-state index in [1.807, 2.05) is 6.07 Å². The van der Waals surface area contributed by atoms with Crippen molar-refractivity contribution in [3.63, 3.8) is 0 Å². The second-order valence-electron chi connectivity index (χ2n) is 12.1. The molecular weight excluding hydrogens is 583 g/mol.